The lowest BCUT2D eigenvalue weighted by Crippen LogP contribution is -2.45. The van der Waals surface area contributed by atoms with E-state index in [9.17, 15) is 9.90 Å². The molecule has 0 aromatic heterocycles. The van der Waals surface area contributed by atoms with Gasteiger partial charge in [0.05, 0.1) is 0 Å². The Morgan fingerprint density at radius 2 is 2.07 bits per heavy atom. The van der Waals surface area contributed by atoms with Crippen molar-refractivity contribution in [2.24, 2.45) is 0 Å². The Bertz CT molecular complexity index is 295. The lowest BCUT2D eigenvalue weighted by molar-refractivity contribution is -0.226. The molecule has 0 spiro atoms. The van der Waals surface area contributed by atoms with Gasteiger partial charge in [-0.2, -0.15) is 0 Å². The van der Waals surface area contributed by atoms with E-state index in [2.05, 4.69) is 0 Å². The quantitative estimate of drug-likeness (QED) is 0.718. The highest BCUT2D eigenvalue weighted by atomic mass is 16.7. The number of rotatable bonds is 4. The van der Waals surface area contributed by atoms with Crippen molar-refractivity contribution in [3.63, 3.8) is 0 Å². The van der Waals surface area contributed by atoms with Gasteiger partial charge in [0.25, 0.3) is 5.79 Å². The summed E-state index contributed by atoms with van der Waals surface area (Å²) < 4.78 is 10.4. The van der Waals surface area contributed by atoms with Gasteiger partial charge in [-0.05, 0) is 27.2 Å². The van der Waals surface area contributed by atoms with E-state index in [4.69, 9.17) is 9.47 Å². The summed E-state index contributed by atoms with van der Waals surface area (Å²) in [5.41, 5.74) is 1.02. The first kappa shape index (κ1) is 12.2. The Morgan fingerprint density at radius 1 is 1.47 bits per heavy atom. The van der Waals surface area contributed by atoms with Crippen LogP contribution in [0.5, 0.6) is 0 Å². The van der Waals surface area contributed by atoms with Crippen LogP contribution in [0.4, 0.5) is 0 Å². The van der Waals surface area contributed by atoms with Crippen LogP contribution < -0.4 is 0 Å². The van der Waals surface area contributed by atoms with Gasteiger partial charge < -0.3 is 14.6 Å². The van der Waals surface area contributed by atoms with E-state index in [1.165, 1.54) is 0 Å². The lowest BCUT2D eigenvalue weighted by atomic mass is 9.98. The molecule has 0 bridgehead atoms. The summed E-state index contributed by atoms with van der Waals surface area (Å²) in [6.07, 6.45) is 0.0892. The minimum Gasteiger partial charge on any atom is -0.423 e. The Balaban J connectivity index is 2.97. The predicted molar refractivity (Wildman–Crippen MR) is 55.1 cm³/mol. The van der Waals surface area contributed by atoms with Crippen molar-refractivity contribution in [1.82, 2.24) is 0 Å². The second-order valence-electron chi connectivity index (χ2n) is 3.69. The van der Waals surface area contributed by atoms with Gasteiger partial charge in [0, 0.05) is 17.8 Å². The van der Waals surface area contributed by atoms with Crippen LogP contribution in [0.15, 0.2) is 11.1 Å². The topological polar surface area (TPSA) is 55.8 Å². The van der Waals surface area contributed by atoms with Crippen molar-refractivity contribution >= 4 is 5.97 Å². The van der Waals surface area contributed by atoms with Crippen molar-refractivity contribution in [2.45, 2.75) is 46.0 Å². The Morgan fingerprint density at radius 3 is 2.40 bits per heavy atom. The molecule has 0 saturated carbocycles. The van der Waals surface area contributed by atoms with Gasteiger partial charge in [0.15, 0.2) is 0 Å². The molecule has 1 rings (SSSR count). The van der Waals surface area contributed by atoms with Gasteiger partial charge >= 0.3 is 5.97 Å². The third-order valence-electron chi connectivity index (χ3n) is 2.83. The molecule has 1 heterocycles. The number of esters is 1. The Kier molecular flexibility index (Phi) is 3.52. The normalized spacial score (nSPS) is 28.2. The van der Waals surface area contributed by atoms with Crippen LogP contribution in [-0.4, -0.2) is 29.6 Å². The highest BCUT2D eigenvalue weighted by Gasteiger charge is 2.48. The Hall–Kier alpha value is -0.870. The molecule has 4 nitrogen and oxygen atoms in total. The van der Waals surface area contributed by atoms with Crippen molar-refractivity contribution < 1.29 is 19.4 Å². The highest BCUT2D eigenvalue weighted by molar-refractivity contribution is 5.92. The molecule has 0 aromatic rings. The number of carbonyl (C=O) groups is 1. The summed E-state index contributed by atoms with van der Waals surface area (Å²) in [5.74, 6) is -2.04. The van der Waals surface area contributed by atoms with Crippen LogP contribution >= 0.6 is 0 Å². The molecule has 0 saturated heterocycles. The van der Waals surface area contributed by atoms with Crippen molar-refractivity contribution in [2.75, 3.05) is 6.61 Å². The molecule has 86 valence electrons. The van der Waals surface area contributed by atoms with Crippen molar-refractivity contribution in [1.29, 1.82) is 0 Å². The number of hydrogen-bond donors (Lipinski definition) is 1. The molecule has 0 aromatic carbocycles. The second kappa shape index (κ2) is 4.33. The average Bonchev–Trinajstić information content (AvgIpc) is 2.40. The SMILES string of the molecule is CCO[C@H](CC)[C@]1(O)OC(=O)C(C)=C1C. The molecular weight excluding hydrogens is 196 g/mol. The van der Waals surface area contributed by atoms with Crippen LogP contribution in [0.25, 0.3) is 0 Å². The number of cyclic esters (lactones) is 1. The molecule has 0 fully saturated rings. The molecule has 0 radical (unpaired) electrons. The van der Waals surface area contributed by atoms with E-state index in [1.807, 2.05) is 13.8 Å². The fraction of sp³-hybridized carbons (Fsp3) is 0.727. The van der Waals surface area contributed by atoms with E-state index in [0.29, 0.717) is 24.2 Å². The largest absolute Gasteiger partial charge is 0.423 e. The zero-order valence-electron chi connectivity index (χ0n) is 9.66. The predicted octanol–water partition coefficient (Wildman–Crippen LogP) is 1.38. The van der Waals surface area contributed by atoms with Crippen LogP contribution in [0, 0.1) is 0 Å². The first-order chi connectivity index (χ1) is 6.97. The fourth-order valence-electron chi connectivity index (χ4n) is 1.73. The molecule has 1 N–H and O–H groups in total. The summed E-state index contributed by atoms with van der Waals surface area (Å²) in [5, 5.41) is 10.3. The summed E-state index contributed by atoms with van der Waals surface area (Å²) in [6.45, 7) is 7.54. The van der Waals surface area contributed by atoms with Gasteiger partial charge in [-0.3, -0.25) is 0 Å². The minimum atomic E-state index is -1.58. The summed E-state index contributed by atoms with van der Waals surface area (Å²) in [6, 6.07) is 0. The Labute approximate surface area is 89.9 Å². The first-order valence-electron chi connectivity index (χ1n) is 5.22. The molecule has 15 heavy (non-hydrogen) atoms. The van der Waals surface area contributed by atoms with Crippen molar-refractivity contribution in [3.8, 4) is 0 Å². The average molecular weight is 214 g/mol. The van der Waals surface area contributed by atoms with Gasteiger partial charge in [0.1, 0.15) is 6.10 Å². The molecule has 4 heteroatoms. The smallest absolute Gasteiger partial charge is 0.336 e. The monoisotopic (exact) mass is 214 g/mol. The fourth-order valence-corrected chi connectivity index (χ4v) is 1.73. The van der Waals surface area contributed by atoms with Crippen LogP contribution in [-0.2, 0) is 14.3 Å². The molecule has 2 atom stereocenters. The molecule has 1 aliphatic rings. The second-order valence-corrected chi connectivity index (χ2v) is 3.69. The third-order valence-corrected chi connectivity index (χ3v) is 2.83. The maximum Gasteiger partial charge on any atom is 0.336 e. The maximum atomic E-state index is 11.3. The lowest BCUT2D eigenvalue weighted by Gasteiger charge is -2.31. The zero-order chi connectivity index (χ0) is 11.6. The molecule has 0 aliphatic carbocycles. The first-order valence-corrected chi connectivity index (χ1v) is 5.22. The van der Waals surface area contributed by atoms with Crippen LogP contribution in [0.1, 0.15) is 34.1 Å². The maximum absolute atomic E-state index is 11.3. The number of ether oxygens (including phenoxy) is 2. The standard InChI is InChI=1S/C11H18O4/c1-5-9(14-6-2)11(13)8(4)7(3)10(12)15-11/h9,13H,5-6H2,1-4H3/t9-,11-/m1/s1. The zero-order valence-corrected chi connectivity index (χ0v) is 9.66. The van der Waals surface area contributed by atoms with Crippen LogP contribution in [0.3, 0.4) is 0 Å². The number of carbonyl (C=O) groups excluding carboxylic acids is 1. The minimum absolute atomic E-state index is 0.465. The molecule has 1 aliphatic heterocycles. The molecule has 0 unspecified atom stereocenters. The van der Waals surface area contributed by atoms with Gasteiger partial charge in [0.2, 0.25) is 0 Å². The molecule has 0 amide bonds. The number of aliphatic hydroxyl groups is 1. The summed E-state index contributed by atoms with van der Waals surface area (Å²) >= 11 is 0. The van der Waals surface area contributed by atoms with E-state index >= 15 is 0 Å². The van der Waals surface area contributed by atoms with E-state index in [1.54, 1.807) is 13.8 Å². The number of hydrogen-bond acceptors (Lipinski definition) is 4. The van der Waals surface area contributed by atoms with Crippen molar-refractivity contribution in [3.05, 3.63) is 11.1 Å². The summed E-state index contributed by atoms with van der Waals surface area (Å²) in [7, 11) is 0. The van der Waals surface area contributed by atoms with Gasteiger partial charge in [-0.15, -0.1) is 0 Å². The third kappa shape index (κ3) is 1.92. The van der Waals surface area contributed by atoms with E-state index in [0.717, 1.165) is 0 Å². The highest BCUT2D eigenvalue weighted by Crippen LogP contribution is 2.35. The summed E-state index contributed by atoms with van der Waals surface area (Å²) in [4.78, 5) is 11.3. The van der Waals surface area contributed by atoms with Gasteiger partial charge in [-0.1, -0.05) is 6.92 Å². The molecular formula is C11H18O4. The van der Waals surface area contributed by atoms with Crippen LogP contribution in [0.2, 0.25) is 0 Å². The van der Waals surface area contributed by atoms with E-state index in [-0.39, 0.29) is 0 Å². The van der Waals surface area contributed by atoms with E-state index < -0.39 is 17.9 Å². The van der Waals surface area contributed by atoms with Gasteiger partial charge in [-0.25, -0.2) is 4.79 Å².